The fourth-order valence-electron chi connectivity index (χ4n) is 4.74. The number of hydrogen-bond acceptors (Lipinski definition) is 10. The molecule has 3 heterocycles. The Labute approximate surface area is 225 Å². The van der Waals surface area contributed by atoms with E-state index in [0.29, 0.717) is 60.4 Å². The van der Waals surface area contributed by atoms with Crippen LogP contribution in [0.5, 0.6) is 17.2 Å². The van der Waals surface area contributed by atoms with Crippen LogP contribution in [0.1, 0.15) is 17.4 Å². The van der Waals surface area contributed by atoms with Crippen molar-refractivity contribution in [3.63, 3.8) is 0 Å². The number of ether oxygens (including phenoxy) is 4. The van der Waals surface area contributed by atoms with Crippen molar-refractivity contribution in [3.05, 3.63) is 66.0 Å². The monoisotopic (exact) mass is 538 g/mol. The molecule has 4 aromatic rings. The van der Waals surface area contributed by atoms with Crippen molar-refractivity contribution >= 4 is 17.0 Å². The van der Waals surface area contributed by atoms with Crippen LogP contribution in [0.15, 0.2) is 49.1 Å². The zero-order chi connectivity index (χ0) is 27.4. The normalized spacial score (nSPS) is 17.8. The third-order valence-electron chi connectivity index (χ3n) is 6.60. The number of anilines is 1. The van der Waals surface area contributed by atoms with Gasteiger partial charge in [0.2, 0.25) is 5.75 Å². The summed E-state index contributed by atoms with van der Waals surface area (Å²) in [5.41, 5.74) is 3.06. The first kappa shape index (κ1) is 26.6. The molecule has 0 unspecified atom stereocenters. The SMILES string of the molecule is COc1cc(CNc2ncnc3c2ncn3[C@H]2CN(Cc3ccc(F)cc3)C[C@@H](CO)O2)cc(OC)c1OC. The summed E-state index contributed by atoms with van der Waals surface area (Å²) in [6.45, 7) is 1.98. The van der Waals surface area contributed by atoms with Crippen LogP contribution in [-0.4, -0.2) is 76.7 Å². The van der Waals surface area contributed by atoms with Crippen LogP contribution >= 0.6 is 0 Å². The molecule has 0 amide bonds. The van der Waals surface area contributed by atoms with E-state index in [9.17, 15) is 9.50 Å². The van der Waals surface area contributed by atoms with Crippen LogP contribution in [0.4, 0.5) is 10.2 Å². The highest BCUT2D eigenvalue weighted by molar-refractivity contribution is 5.82. The van der Waals surface area contributed by atoms with Crippen molar-refractivity contribution in [1.29, 1.82) is 0 Å². The highest BCUT2D eigenvalue weighted by Crippen LogP contribution is 2.38. The molecule has 1 fully saturated rings. The van der Waals surface area contributed by atoms with Crippen molar-refractivity contribution in [2.24, 2.45) is 0 Å². The quantitative estimate of drug-likeness (QED) is 0.312. The number of nitrogens with one attached hydrogen (secondary N) is 1. The summed E-state index contributed by atoms with van der Waals surface area (Å²) in [7, 11) is 4.71. The molecule has 206 valence electrons. The number of morpholine rings is 1. The van der Waals surface area contributed by atoms with Gasteiger partial charge in [0, 0.05) is 26.2 Å². The summed E-state index contributed by atoms with van der Waals surface area (Å²) >= 11 is 0. The average Bonchev–Trinajstić information content (AvgIpc) is 3.41. The summed E-state index contributed by atoms with van der Waals surface area (Å²) in [5, 5.41) is 13.2. The molecule has 1 aliphatic heterocycles. The Bertz CT molecular complexity index is 1390. The van der Waals surface area contributed by atoms with Crippen LogP contribution in [-0.2, 0) is 17.8 Å². The van der Waals surface area contributed by atoms with Gasteiger partial charge in [-0.15, -0.1) is 0 Å². The minimum atomic E-state index is -0.431. The third-order valence-corrected chi connectivity index (χ3v) is 6.60. The highest BCUT2D eigenvalue weighted by atomic mass is 19.1. The molecule has 2 atom stereocenters. The fourth-order valence-corrected chi connectivity index (χ4v) is 4.74. The lowest BCUT2D eigenvalue weighted by molar-refractivity contribution is -0.135. The molecule has 0 bridgehead atoms. The Hall–Kier alpha value is -4.00. The van der Waals surface area contributed by atoms with E-state index in [4.69, 9.17) is 18.9 Å². The Balaban J connectivity index is 1.36. The van der Waals surface area contributed by atoms with Gasteiger partial charge in [0.15, 0.2) is 28.5 Å². The van der Waals surface area contributed by atoms with Crippen molar-refractivity contribution < 1.29 is 28.4 Å². The maximum absolute atomic E-state index is 13.4. The minimum absolute atomic E-state index is 0.125. The van der Waals surface area contributed by atoms with Gasteiger partial charge in [-0.3, -0.25) is 9.47 Å². The van der Waals surface area contributed by atoms with E-state index < -0.39 is 6.23 Å². The van der Waals surface area contributed by atoms with Gasteiger partial charge < -0.3 is 29.4 Å². The number of benzene rings is 2. The van der Waals surface area contributed by atoms with E-state index in [0.717, 1.165) is 11.1 Å². The number of hydrogen-bond donors (Lipinski definition) is 2. The van der Waals surface area contributed by atoms with Gasteiger partial charge in [0.1, 0.15) is 18.4 Å². The summed E-state index contributed by atoms with van der Waals surface area (Å²) in [5.74, 6) is 1.93. The standard InChI is InChI=1S/C27H31FN6O5/c1-36-21-8-18(9-22(37-2)25(21)38-3)10-29-26-24-27(31-15-30-26)34(16-32-24)23-13-33(12-20(14-35)39-23)11-17-4-6-19(28)7-5-17/h4-9,15-16,20,23,35H,10-14H2,1-3H3,(H,29,30,31)/t20-,23+/m0/s1. The Kier molecular flexibility index (Phi) is 8.05. The minimum Gasteiger partial charge on any atom is -0.493 e. The van der Waals surface area contributed by atoms with Gasteiger partial charge in [-0.2, -0.15) is 0 Å². The van der Waals surface area contributed by atoms with E-state index in [-0.39, 0.29) is 18.5 Å². The van der Waals surface area contributed by atoms with E-state index in [2.05, 4.69) is 25.2 Å². The summed E-state index contributed by atoms with van der Waals surface area (Å²) < 4.78 is 37.7. The third kappa shape index (κ3) is 5.72. The number of methoxy groups -OCH3 is 3. The highest BCUT2D eigenvalue weighted by Gasteiger charge is 2.30. The zero-order valence-electron chi connectivity index (χ0n) is 22.0. The lowest BCUT2D eigenvalue weighted by atomic mass is 10.1. The molecule has 0 aliphatic carbocycles. The molecule has 39 heavy (non-hydrogen) atoms. The predicted octanol–water partition coefficient (Wildman–Crippen LogP) is 3.00. The maximum atomic E-state index is 13.4. The molecule has 0 saturated carbocycles. The lowest BCUT2D eigenvalue weighted by Gasteiger charge is -2.37. The Morgan fingerprint density at radius 2 is 1.74 bits per heavy atom. The molecule has 1 aliphatic rings. The molecule has 2 aromatic carbocycles. The number of aliphatic hydroxyl groups excluding tert-OH is 1. The Morgan fingerprint density at radius 3 is 2.41 bits per heavy atom. The fraction of sp³-hybridized carbons (Fsp3) is 0.370. The molecule has 2 N–H and O–H groups in total. The maximum Gasteiger partial charge on any atom is 0.203 e. The second-order valence-electron chi connectivity index (χ2n) is 9.15. The van der Waals surface area contributed by atoms with Crippen molar-refractivity contribution in [1.82, 2.24) is 24.4 Å². The van der Waals surface area contributed by atoms with E-state index in [1.54, 1.807) is 39.8 Å². The van der Waals surface area contributed by atoms with Crippen molar-refractivity contribution in [2.45, 2.75) is 25.4 Å². The first-order valence-electron chi connectivity index (χ1n) is 12.5. The van der Waals surface area contributed by atoms with Gasteiger partial charge >= 0.3 is 0 Å². The summed E-state index contributed by atoms with van der Waals surface area (Å²) in [6, 6.07) is 10.2. The van der Waals surface area contributed by atoms with Gasteiger partial charge in [0.05, 0.1) is 40.4 Å². The average molecular weight is 539 g/mol. The molecule has 5 rings (SSSR count). The number of rotatable bonds is 10. The molecule has 0 spiro atoms. The van der Waals surface area contributed by atoms with Crippen LogP contribution in [0.25, 0.3) is 11.2 Å². The second kappa shape index (κ2) is 11.8. The lowest BCUT2D eigenvalue weighted by Crippen LogP contribution is -2.46. The number of aliphatic hydroxyl groups is 1. The number of imidazole rings is 1. The largest absolute Gasteiger partial charge is 0.493 e. The first-order chi connectivity index (χ1) is 19.0. The predicted molar refractivity (Wildman–Crippen MR) is 141 cm³/mol. The van der Waals surface area contributed by atoms with E-state index in [1.165, 1.54) is 18.5 Å². The van der Waals surface area contributed by atoms with Crippen LogP contribution in [0.2, 0.25) is 0 Å². The first-order valence-corrected chi connectivity index (χ1v) is 12.5. The van der Waals surface area contributed by atoms with Gasteiger partial charge in [-0.05, 0) is 35.4 Å². The van der Waals surface area contributed by atoms with Gasteiger partial charge in [-0.25, -0.2) is 19.3 Å². The molecule has 2 aromatic heterocycles. The number of halogens is 1. The topological polar surface area (TPSA) is 116 Å². The number of fused-ring (bicyclic) bond motifs is 1. The molecule has 0 radical (unpaired) electrons. The van der Waals surface area contributed by atoms with E-state index >= 15 is 0 Å². The van der Waals surface area contributed by atoms with Crippen LogP contribution in [0.3, 0.4) is 0 Å². The van der Waals surface area contributed by atoms with Crippen LogP contribution in [0, 0.1) is 5.82 Å². The number of nitrogens with zero attached hydrogens (tertiary/aromatic N) is 5. The molecule has 1 saturated heterocycles. The molecule has 11 nitrogen and oxygen atoms in total. The van der Waals surface area contributed by atoms with Crippen LogP contribution < -0.4 is 19.5 Å². The molecular formula is C27H31FN6O5. The smallest absolute Gasteiger partial charge is 0.203 e. The molecule has 12 heteroatoms. The zero-order valence-corrected chi connectivity index (χ0v) is 22.0. The van der Waals surface area contributed by atoms with Gasteiger partial charge in [0.25, 0.3) is 0 Å². The second-order valence-corrected chi connectivity index (χ2v) is 9.15. The van der Waals surface area contributed by atoms with Crippen molar-refractivity contribution in [2.75, 3.05) is 46.3 Å². The van der Waals surface area contributed by atoms with Crippen molar-refractivity contribution in [3.8, 4) is 17.2 Å². The molecular weight excluding hydrogens is 507 g/mol. The Morgan fingerprint density at radius 1 is 1.00 bits per heavy atom. The van der Waals surface area contributed by atoms with E-state index in [1.807, 2.05) is 16.7 Å². The summed E-state index contributed by atoms with van der Waals surface area (Å²) in [6.07, 6.45) is 2.32. The van der Waals surface area contributed by atoms with Gasteiger partial charge in [-0.1, -0.05) is 12.1 Å². The summed E-state index contributed by atoms with van der Waals surface area (Å²) in [4.78, 5) is 15.6. The number of aromatic nitrogens is 4.